The van der Waals surface area contributed by atoms with Crippen molar-refractivity contribution in [2.24, 2.45) is 0 Å². The van der Waals surface area contributed by atoms with E-state index < -0.39 is 56.1 Å². The number of carbonyl (C=O) groups excluding carboxylic acids is 3. The van der Waals surface area contributed by atoms with Crippen molar-refractivity contribution in [1.29, 1.82) is 0 Å². The van der Waals surface area contributed by atoms with Gasteiger partial charge in [0.25, 0.3) is 0 Å². The monoisotopic (exact) mass is 626 g/mol. The van der Waals surface area contributed by atoms with Crippen LogP contribution in [-0.2, 0) is 14.3 Å². The fraction of sp³-hybridized carbons (Fsp3) is 0.471. The fourth-order valence-corrected chi connectivity index (χ4v) is 1.55. The molecule has 0 amide bonds. The maximum Gasteiger partial charge on any atom is 1.00 e. The smallest absolute Gasteiger partial charge is 0.542 e. The van der Waals surface area contributed by atoms with Gasteiger partial charge in [-0.15, -0.1) is 0 Å². The molecule has 0 aliphatic rings. The minimum atomic E-state index is -3.67. The summed E-state index contributed by atoms with van der Waals surface area (Å²) in [4.78, 5) is 30.4. The molecule has 0 atom stereocenters. The molecule has 0 radical (unpaired) electrons. The zero-order valence-corrected chi connectivity index (χ0v) is 26.2. The molecule has 206 valence electrons. The van der Waals surface area contributed by atoms with Crippen LogP contribution in [0.25, 0.3) is 0 Å². The van der Waals surface area contributed by atoms with Gasteiger partial charge in [0.2, 0.25) is 34.8 Å². The molecule has 1 aromatic carbocycles. The minimum Gasteiger partial charge on any atom is -0.542 e. The number of halogens is 11. The van der Waals surface area contributed by atoms with Gasteiger partial charge in [-0.2, -0.15) is 21.6 Å². The Morgan fingerprint density at radius 2 is 1.03 bits per heavy atom. The van der Waals surface area contributed by atoms with E-state index in [1.165, 1.54) is 0 Å². The van der Waals surface area contributed by atoms with Gasteiger partial charge in [-0.1, -0.05) is 12.8 Å². The van der Waals surface area contributed by atoms with Crippen LogP contribution in [0.2, 0.25) is 0 Å². The SMILES string of the molecule is FB(F)F.FB(F)F.O=[C-]CCCCO.O=[C-]CCCCOC(=O)Oc1c(F)c(F)c(F)c(F)c1F.[K+].[K+]. The zero-order chi connectivity index (χ0) is 28.7. The summed E-state index contributed by atoms with van der Waals surface area (Å²) in [5.41, 5.74) is 0. The molecule has 38 heavy (non-hydrogen) atoms. The molecule has 21 heteroatoms. The van der Waals surface area contributed by atoms with Crippen LogP contribution in [0, 0.1) is 29.1 Å². The van der Waals surface area contributed by atoms with Crippen LogP contribution in [0.1, 0.15) is 38.5 Å². The van der Waals surface area contributed by atoms with Gasteiger partial charge >= 0.3 is 124 Å². The number of aliphatic hydroxyl groups is 1. The average molecular weight is 626 g/mol. The molecule has 0 aliphatic heterocycles. The number of hydrogen-bond acceptors (Lipinski definition) is 6. The number of aliphatic hydroxyl groups excluding tert-OH is 1. The van der Waals surface area contributed by atoms with Crippen LogP contribution in [-0.4, -0.2) is 52.1 Å². The number of benzene rings is 1. The first-order chi connectivity index (χ1) is 16.8. The molecule has 0 bridgehead atoms. The van der Waals surface area contributed by atoms with E-state index in [1.54, 1.807) is 12.6 Å². The van der Waals surface area contributed by atoms with Crippen LogP contribution < -0.4 is 108 Å². The second-order valence-electron chi connectivity index (χ2n) is 5.52. The molecular weight excluding hydrogens is 609 g/mol. The van der Waals surface area contributed by atoms with Crippen molar-refractivity contribution < 1.29 is 180 Å². The molecule has 0 aliphatic carbocycles. The molecule has 0 saturated carbocycles. The molecule has 1 rings (SSSR count). The summed E-state index contributed by atoms with van der Waals surface area (Å²) < 4.78 is 131. The van der Waals surface area contributed by atoms with Gasteiger partial charge in [0.1, 0.15) is 0 Å². The normalized spacial score (nSPS) is 8.74. The summed E-state index contributed by atoms with van der Waals surface area (Å²) in [5.74, 6) is -13.1. The van der Waals surface area contributed by atoms with Crippen molar-refractivity contribution in [2.45, 2.75) is 38.5 Å². The van der Waals surface area contributed by atoms with E-state index >= 15 is 0 Å². The van der Waals surface area contributed by atoms with Crippen LogP contribution in [0.4, 0.5) is 52.6 Å². The molecule has 0 spiro atoms. The van der Waals surface area contributed by atoms with E-state index in [9.17, 15) is 62.2 Å². The summed E-state index contributed by atoms with van der Waals surface area (Å²) >= 11 is 0. The van der Waals surface area contributed by atoms with Crippen LogP contribution in [0.3, 0.4) is 0 Å². The minimum absolute atomic E-state index is 0. The van der Waals surface area contributed by atoms with Crippen molar-refractivity contribution in [3.63, 3.8) is 0 Å². The molecule has 0 unspecified atom stereocenters. The molecular formula is C17H17B2F11K2O6. The van der Waals surface area contributed by atoms with E-state index in [0.717, 1.165) is 12.8 Å². The Balaban J connectivity index is -0.000000177. The van der Waals surface area contributed by atoms with E-state index in [4.69, 9.17) is 5.11 Å². The van der Waals surface area contributed by atoms with Gasteiger partial charge in [-0.25, -0.2) is 18.0 Å². The fourth-order valence-electron chi connectivity index (χ4n) is 1.55. The quantitative estimate of drug-likeness (QED) is 0.0536. The Morgan fingerprint density at radius 1 is 0.684 bits per heavy atom. The third kappa shape index (κ3) is 29.4. The van der Waals surface area contributed by atoms with E-state index in [1.807, 2.05) is 0 Å². The topological polar surface area (TPSA) is 89.9 Å². The third-order valence-electron chi connectivity index (χ3n) is 2.93. The summed E-state index contributed by atoms with van der Waals surface area (Å²) in [6, 6.07) is 0. The Labute approximate surface area is 296 Å². The number of ether oxygens (including phenoxy) is 2. The molecule has 0 heterocycles. The summed E-state index contributed by atoms with van der Waals surface area (Å²) in [5, 5.41) is 8.16. The van der Waals surface area contributed by atoms with E-state index in [0.29, 0.717) is 12.8 Å². The van der Waals surface area contributed by atoms with Crippen molar-refractivity contribution in [2.75, 3.05) is 13.2 Å². The summed E-state index contributed by atoms with van der Waals surface area (Å²) in [6.45, 7) is -0.0718. The number of carbonyl (C=O) groups is 1. The summed E-state index contributed by atoms with van der Waals surface area (Å²) in [7, 11) is -7.33. The summed E-state index contributed by atoms with van der Waals surface area (Å²) in [6.07, 6.45) is 4.33. The van der Waals surface area contributed by atoms with Crippen molar-refractivity contribution in [3.8, 4) is 5.75 Å². The van der Waals surface area contributed by atoms with Crippen molar-refractivity contribution in [1.82, 2.24) is 0 Å². The van der Waals surface area contributed by atoms with Gasteiger partial charge < -0.3 is 24.2 Å². The third-order valence-corrected chi connectivity index (χ3v) is 2.93. The van der Waals surface area contributed by atoms with E-state index in [-0.39, 0.29) is 129 Å². The first kappa shape index (κ1) is 48.2. The van der Waals surface area contributed by atoms with E-state index in [2.05, 4.69) is 9.47 Å². The number of hydrogen-bond donors (Lipinski definition) is 1. The molecule has 0 saturated heterocycles. The van der Waals surface area contributed by atoms with Gasteiger partial charge in [0, 0.05) is 6.61 Å². The first-order valence-corrected chi connectivity index (χ1v) is 9.29. The van der Waals surface area contributed by atoms with Gasteiger partial charge in [0.05, 0.1) is 6.61 Å². The maximum absolute atomic E-state index is 13.2. The molecule has 1 aromatic rings. The molecule has 0 aromatic heterocycles. The maximum atomic E-state index is 13.2. The van der Waals surface area contributed by atoms with Crippen molar-refractivity contribution >= 4 is 33.8 Å². The second kappa shape index (κ2) is 31.9. The van der Waals surface area contributed by atoms with Crippen LogP contribution in [0.15, 0.2) is 0 Å². The Bertz CT molecular complexity index is 731. The Morgan fingerprint density at radius 3 is 1.37 bits per heavy atom. The zero-order valence-electron chi connectivity index (χ0n) is 20.0. The average Bonchev–Trinajstić information content (AvgIpc) is 2.79. The van der Waals surface area contributed by atoms with Gasteiger partial charge in [0.15, 0.2) is 0 Å². The predicted molar refractivity (Wildman–Crippen MR) is 103 cm³/mol. The molecule has 1 N–H and O–H groups in total. The van der Waals surface area contributed by atoms with Crippen molar-refractivity contribution in [3.05, 3.63) is 29.1 Å². The standard InChI is InChI=1S/C12H8F5O4.C5H9O2.2BF3.2K/c13-6-7(14)9(16)11(10(17)8(6)15)21-12(19)20-5-3-1-2-4-18;6-4-2-1-3-5-7;2*2-1(3)4;;/h1-3,5H2;6H,1-4H2;;;;/q2*-1;;;2*+1. The Kier molecular flexibility index (Phi) is 40.5. The van der Waals surface area contributed by atoms with Crippen LogP contribution in [0.5, 0.6) is 5.75 Å². The van der Waals surface area contributed by atoms with Gasteiger partial charge in [-0.05, 0) is 12.8 Å². The second-order valence-corrected chi connectivity index (χ2v) is 5.52. The number of rotatable bonds is 10. The largest absolute Gasteiger partial charge is 1.00 e. The Hall–Kier alpha value is 0.423. The molecule has 0 fully saturated rings. The molecule has 6 nitrogen and oxygen atoms in total. The predicted octanol–water partition coefficient (Wildman–Crippen LogP) is -0.796. The van der Waals surface area contributed by atoms with Crippen LogP contribution >= 0.6 is 0 Å². The number of unbranched alkanes of at least 4 members (excludes halogenated alkanes) is 4. The first-order valence-electron chi connectivity index (χ1n) is 9.29. The van der Waals surface area contributed by atoms with Gasteiger partial charge in [-0.3, -0.25) is 38.5 Å².